The van der Waals surface area contributed by atoms with Gasteiger partial charge in [0.2, 0.25) is 0 Å². The summed E-state index contributed by atoms with van der Waals surface area (Å²) in [5.41, 5.74) is 0.910. The minimum atomic E-state index is -2.21. The molecule has 0 heterocycles. The number of anilines is 1. The lowest BCUT2D eigenvalue weighted by Crippen LogP contribution is -2.02. The van der Waals surface area contributed by atoms with Gasteiger partial charge in [-0.1, -0.05) is 0 Å². The maximum Gasteiger partial charge on any atom is 0.259 e. The summed E-state index contributed by atoms with van der Waals surface area (Å²) in [5.74, 6) is 0.446. The molecule has 0 saturated heterocycles. The summed E-state index contributed by atoms with van der Waals surface area (Å²) in [6, 6.07) is 2.91. The van der Waals surface area contributed by atoms with E-state index in [2.05, 4.69) is 4.72 Å². The fourth-order valence-corrected chi connectivity index (χ4v) is 1.42. The number of aromatic hydroxyl groups is 1. The van der Waals surface area contributed by atoms with Gasteiger partial charge in [-0.3, -0.25) is 9.27 Å². The number of hydrogen-bond donors (Lipinski definition) is 3. The molecule has 3 N–H and O–H groups in total. The summed E-state index contributed by atoms with van der Waals surface area (Å²) < 4.78 is 26.2. The van der Waals surface area contributed by atoms with Crippen molar-refractivity contribution in [3.8, 4) is 11.5 Å². The Morgan fingerprint density at radius 1 is 1.50 bits per heavy atom. The Hall–Kier alpha value is -1.27. The highest BCUT2D eigenvalue weighted by Gasteiger charge is 2.07. The van der Waals surface area contributed by atoms with Gasteiger partial charge in [0.1, 0.15) is 11.5 Å². The van der Waals surface area contributed by atoms with E-state index < -0.39 is 11.3 Å². The van der Waals surface area contributed by atoms with E-state index in [-0.39, 0.29) is 11.4 Å². The molecule has 0 aromatic heterocycles. The van der Waals surface area contributed by atoms with Gasteiger partial charge < -0.3 is 9.84 Å². The number of hydrogen-bond acceptors (Lipinski definition) is 3. The van der Waals surface area contributed by atoms with Crippen molar-refractivity contribution in [1.82, 2.24) is 0 Å². The van der Waals surface area contributed by atoms with Crippen molar-refractivity contribution in [1.29, 1.82) is 0 Å². The van der Waals surface area contributed by atoms with E-state index in [4.69, 9.17) is 9.29 Å². The predicted molar refractivity (Wildman–Crippen MR) is 53.8 cm³/mol. The molecule has 78 valence electrons. The minimum Gasteiger partial charge on any atom is -0.506 e. The summed E-state index contributed by atoms with van der Waals surface area (Å²) >= 11 is -2.21. The summed E-state index contributed by atoms with van der Waals surface area (Å²) in [6.45, 7) is 1.76. The number of phenols is 1. The third-order valence-electron chi connectivity index (χ3n) is 1.71. The Bertz CT molecular complexity index is 367. The molecule has 1 aromatic rings. The Balaban J connectivity index is 3.10. The Morgan fingerprint density at radius 3 is 2.64 bits per heavy atom. The van der Waals surface area contributed by atoms with Crippen molar-refractivity contribution in [2.75, 3.05) is 11.8 Å². The van der Waals surface area contributed by atoms with Crippen molar-refractivity contribution in [2.24, 2.45) is 0 Å². The van der Waals surface area contributed by atoms with E-state index in [0.717, 1.165) is 5.56 Å². The topological polar surface area (TPSA) is 78.8 Å². The largest absolute Gasteiger partial charge is 0.506 e. The molecular formula is C8H11NO4S. The Kier molecular flexibility index (Phi) is 3.32. The van der Waals surface area contributed by atoms with Gasteiger partial charge in [0.15, 0.2) is 0 Å². The fourth-order valence-electron chi connectivity index (χ4n) is 1.07. The van der Waals surface area contributed by atoms with Crippen molar-refractivity contribution >= 4 is 17.0 Å². The maximum absolute atomic E-state index is 10.5. The minimum absolute atomic E-state index is 0.0919. The van der Waals surface area contributed by atoms with Gasteiger partial charge in [-0.15, -0.1) is 0 Å². The molecule has 5 nitrogen and oxygen atoms in total. The quantitative estimate of drug-likeness (QED) is 0.526. The SMILES string of the molecule is COc1cc(NS(=O)O)c(O)cc1C. The van der Waals surface area contributed by atoms with Crippen LogP contribution in [0.15, 0.2) is 12.1 Å². The Labute approximate surface area is 84.1 Å². The lowest BCUT2D eigenvalue weighted by Gasteiger charge is -2.09. The smallest absolute Gasteiger partial charge is 0.259 e. The monoisotopic (exact) mass is 217 g/mol. The normalized spacial score (nSPS) is 12.2. The zero-order chi connectivity index (χ0) is 10.7. The number of benzene rings is 1. The lowest BCUT2D eigenvalue weighted by atomic mass is 10.2. The summed E-state index contributed by atoms with van der Waals surface area (Å²) in [5, 5.41) is 9.40. The lowest BCUT2D eigenvalue weighted by molar-refractivity contribution is 0.409. The highest BCUT2D eigenvalue weighted by Crippen LogP contribution is 2.31. The van der Waals surface area contributed by atoms with Crippen LogP contribution in [0.2, 0.25) is 0 Å². The number of aryl methyl sites for hydroxylation is 1. The van der Waals surface area contributed by atoms with E-state index in [9.17, 15) is 9.32 Å². The first-order valence-corrected chi connectivity index (χ1v) is 4.90. The first-order valence-electron chi connectivity index (χ1n) is 3.79. The molecule has 0 spiro atoms. The van der Waals surface area contributed by atoms with E-state index in [1.807, 2.05) is 0 Å². The number of methoxy groups -OCH3 is 1. The van der Waals surface area contributed by atoms with Gasteiger partial charge in [0.05, 0.1) is 12.8 Å². The van der Waals surface area contributed by atoms with Crippen LogP contribution in [-0.2, 0) is 11.3 Å². The molecule has 0 amide bonds. The summed E-state index contributed by atoms with van der Waals surface area (Å²) in [6.07, 6.45) is 0. The fraction of sp³-hybridized carbons (Fsp3) is 0.250. The van der Waals surface area contributed by atoms with Crippen LogP contribution in [0.4, 0.5) is 5.69 Å². The number of ether oxygens (including phenoxy) is 1. The van der Waals surface area contributed by atoms with E-state index in [1.165, 1.54) is 19.2 Å². The molecular weight excluding hydrogens is 206 g/mol. The van der Waals surface area contributed by atoms with Gasteiger partial charge in [0.25, 0.3) is 11.3 Å². The molecule has 1 atom stereocenters. The van der Waals surface area contributed by atoms with Crippen LogP contribution < -0.4 is 9.46 Å². The average molecular weight is 217 g/mol. The molecule has 6 heteroatoms. The highest BCUT2D eigenvalue weighted by molar-refractivity contribution is 7.80. The van der Waals surface area contributed by atoms with Gasteiger partial charge in [-0.2, -0.15) is 0 Å². The van der Waals surface area contributed by atoms with Gasteiger partial charge >= 0.3 is 0 Å². The third-order valence-corrected chi connectivity index (χ3v) is 2.10. The molecule has 0 radical (unpaired) electrons. The molecule has 1 rings (SSSR count). The second-order valence-electron chi connectivity index (χ2n) is 2.69. The van der Waals surface area contributed by atoms with Crippen LogP contribution in [0.3, 0.4) is 0 Å². The second-order valence-corrected chi connectivity index (χ2v) is 3.39. The highest BCUT2D eigenvalue weighted by atomic mass is 32.2. The molecule has 0 aliphatic rings. The van der Waals surface area contributed by atoms with Crippen molar-refractivity contribution in [3.63, 3.8) is 0 Å². The summed E-state index contributed by atoms with van der Waals surface area (Å²) in [4.78, 5) is 0. The molecule has 0 bridgehead atoms. The standard InChI is InChI=1S/C8H11NO4S/c1-5-3-7(10)6(9-14(11)12)4-8(5)13-2/h3-4,9-10H,1-2H3,(H,11,12). The van der Waals surface area contributed by atoms with Crippen LogP contribution in [-0.4, -0.2) is 21.0 Å². The first kappa shape index (κ1) is 10.8. The van der Waals surface area contributed by atoms with Gasteiger partial charge in [-0.05, 0) is 18.6 Å². The molecule has 0 saturated carbocycles. The molecule has 0 aliphatic carbocycles. The predicted octanol–water partition coefficient (Wildman–Crippen LogP) is 1.26. The van der Waals surface area contributed by atoms with Crippen molar-refractivity contribution in [2.45, 2.75) is 6.92 Å². The molecule has 0 aliphatic heterocycles. The van der Waals surface area contributed by atoms with E-state index in [1.54, 1.807) is 6.92 Å². The molecule has 1 aromatic carbocycles. The van der Waals surface area contributed by atoms with Gasteiger partial charge in [0, 0.05) is 6.07 Å². The summed E-state index contributed by atoms with van der Waals surface area (Å²) in [7, 11) is 1.49. The van der Waals surface area contributed by atoms with E-state index in [0.29, 0.717) is 5.75 Å². The second kappa shape index (κ2) is 4.30. The van der Waals surface area contributed by atoms with Crippen LogP contribution in [0.25, 0.3) is 0 Å². The number of nitrogens with one attached hydrogen (secondary N) is 1. The maximum atomic E-state index is 10.5. The zero-order valence-electron chi connectivity index (χ0n) is 7.77. The average Bonchev–Trinajstić information content (AvgIpc) is 2.09. The van der Waals surface area contributed by atoms with Crippen LogP contribution in [0.5, 0.6) is 11.5 Å². The first-order chi connectivity index (χ1) is 6.54. The van der Waals surface area contributed by atoms with Gasteiger partial charge in [-0.25, -0.2) is 4.21 Å². The van der Waals surface area contributed by atoms with Crippen molar-refractivity contribution in [3.05, 3.63) is 17.7 Å². The van der Waals surface area contributed by atoms with Crippen LogP contribution in [0, 0.1) is 6.92 Å². The number of phenolic OH excluding ortho intramolecular Hbond substituents is 1. The molecule has 14 heavy (non-hydrogen) atoms. The number of rotatable bonds is 3. The van der Waals surface area contributed by atoms with Crippen LogP contribution in [0.1, 0.15) is 5.56 Å². The molecule has 1 unspecified atom stereocenters. The third kappa shape index (κ3) is 2.36. The van der Waals surface area contributed by atoms with Crippen LogP contribution >= 0.6 is 0 Å². The van der Waals surface area contributed by atoms with Crippen molar-refractivity contribution < 1.29 is 18.6 Å². The zero-order valence-corrected chi connectivity index (χ0v) is 8.59. The molecule has 0 fully saturated rings. The Morgan fingerprint density at radius 2 is 2.14 bits per heavy atom. The van der Waals surface area contributed by atoms with E-state index >= 15 is 0 Å².